The average Bonchev–Trinajstić information content (AvgIpc) is 2.55. The summed E-state index contributed by atoms with van der Waals surface area (Å²) in [6.45, 7) is -0.350. The highest BCUT2D eigenvalue weighted by atomic mass is 32.2. The van der Waals surface area contributed by atoms with Crippen LogP contribution in [0.3, 0.4) is 0 Å². The van der Waals surface area contributed by atoms with Crippen LogP contribution in [0.5, 0.6) is 0 Å². The zero-order valence-corrected chi connectivity index (χ0v) is 9.82. The number of rotatable bonds is 3. The lowest BCUT2D eigenvalue weighted by atomic mass is 10.3. The molecule has 0 aliphatic rings. The first-order chi connectivity index (χ1) is 7.36. The lowest BCUT2D eigenvalue weighted by Crippen LogP contribution is -2.19. The first kappa shape index (κ1) is 12.9. The van der Waals surface area contributed by atoms with Crippen molar-refractivity contribution >= 4 is 27.5 Å². The zero-order chi connectivity index (χ0) is 12.3. The van der Waals surface area contributed by atoms with Crippen LogP contribution in [0.1, 0.15) is 5.56 Å². The van der Waals surface area contributed by atoms with E-state index in [9.17, 15) is 17.6 Å². The molecule has 6 nitrogen and oxygen atoms in total. The Kier molecular flexibility index (Phi) is 3.83. The highest BCUT2D eigenvalue weighted by molar-refractivity contribution is 7.91. The number of primary sulfonamides is 1. The molecule has 1 rings (SSSR count). The molecule has 90 valence electrons. The van der Waals surface area contributed by atoms with E-state index in [1.165, 1.54) is 12.4 Å². The maximum Gasteiger partial charge on any atom is 0.407 e. The van der Waals surface area contributed by atoms with Crippen LogP contribution in [-0.4, -0.2) is 21.6 Å². The van der Waals surface area contributed by atoms with Crippen molar-refractivity contribution in [3.05, 3.63) is 16.8 Å². The third kappa shape index (κ3) is 2.90. The molecule has 0 aliphatic heterocycles. The number of alkyl carbamates (subject to hydrolysis) is 1. The molecule has 0 aromatic carbocycles. The Labute approximate surface area is 95.3 Å². The molecule has 1 aromatic heterocycles. The SMILES string of the molecule is CNC(=O)OCc1csc(S(N)(=O)=O)c1F. The topological polar surface area (TPSA) is 98.5 Å². The highest BCUT2D eigenvalue weighted by Crippen LogP contribution is 2.24. The number of carbonyl (C=O) groups excluding carboxylic acids is 1. The zero-order valence-electron chi connectivity index (χ0n) is 8.19. The largest absolute Gasteiger partial charge is 0.445 e. The van der Waals surface area contributed by atoms with E-state index in [4.69, 9.17) is 5.14 Å². The van der Waals surface area contributed by atoms with Crippen LogP contribution in [0.4, 0.5) is 9.18 Å². The number of nitrogens with one attached hydrogen (secondary N) is 1. The summed E-state index contributed by atoms with van der Waals surface area (Å²) in [6.07, 6.45) is -0.734. The van der Waals surface area contributed by atoms with Crippen LogP contribution >= 0.6 is 11.3 Å². The van der Waals surface area contributed by atoms with E-state index in [0.29, 0.717) is 11.3 Å². The van der Waals surface area contributed by atoms with Gasteiger partial charge in [0.05, 0.1) is 0 Å². The van der Waals surface area contributed by atoms with Gasteiger partial charge in [-0.05, 0) is 0 Å². The summed E-state index contributed by atoms with van der Waals surface area (Å²) in [5.74, 6) is -0.976. The molecule has 0 unspecified atom stereocenters. The summed E-state index contributed by atoms with van der Waals surface area (Å²) in [5.41, 5.74) is -0.0300. The van der Waals surface area contributed by atoms with Gasteiger partial charge in [0, 0.05) is 18.0 Å². The molecule has 1 amide bonds. The van der Waals surface area contributed by atoms with Crippen molar-refractivity contribution in [2.75, 3.05) is 7.05 Å². The Balaban J connectivity index is 2.85. The Bertz CT molecular complexity index is 496. The number of sulfonamides is 1. The van der Waals surface area contributed by atoms with E-state index in [0.717, 1.165) is 0 Å². The minimum Gasteiger partial charge on any atom is -0.445 e. The predicted molar refractivity (Wildman–Crippen MR) is 54.9 cm³/mol. The van der Waals surface area contributed by atoms with Gasteiger partial charge < -0.3 is 10.1 Å². The number of nitrogens with two attached hydrogens (primary N) is 1. The molecule has 0 saturated heterocycles. The van der Waals surface area contributed by atoms with Crippen molar-refractivity contribution in [2.45, 2.75) is 10.8 Å². The maximum atomic E-state index is 13.4. The van der Waals surface area contributed by atoms with E-state index >= 15 is 0 Å². The van der Waals surface area contributed by atoms with Gasteiger partial charge >= 0.3 is 6.09 Å². The third-order valence-corrected chi connectivity index (χ3v) is 4.07. The lowest BCUT2D eigenvalue weighted by molar-refractivity contribution is 0.141. The second-order valence-electron chi connectivity index (χ2n) is 2.73. The fourth-order valence-electron chi connectivity index (χ4n) is 0.864. The fraction of sp³-hybridized carbons (Fsp3) is 0.286. The molecule has 9 heteroatoms. The molecule has 3 N–H and O–H groups in total. The summed E-state index contributed by atoms with van der Waals surface area (Å²) >= 11 is 0.643. The quantitative estimate of drug-likeness (QED) is 0.828. The van der Waals surface area contributed by atoms with Crippen molar-refractivity contribution in [1.29, 1.82) is 0 Å². The standard InChI is InChI=1S/C7H9FN2O4S2/c1-10-7(11)14-2-4-3-15-6(5(4)8)16(9,12)13/h3H,2H2,1H3,(H,10,11)(H2,9,12,13). The lowest BCUT2D eigenvalue weighted by Gasteiger charge is -2.01. The van der Waals surface area contributed by atoms with Gasteiger partial charge in [-0.1, -0.05) is 0 Å². The van der Waals surface area contributed by atoms with Crippen molar-refractivity contribution in [3.8, 4) is 0 Å². The number of hydrogen-bond donors (Lipinski definition) is 2. The van der Waals surface area contributed by atoms with Crippen LogP contribution in [0.2, 0.25) is 0 Å². The van der Waals surface area contributed by atoms with Gasteiger partial charge in [0.2, 0.25) is 0 Å². The average molecular weight is 268 g/mol. The summed E-state index contributed by atoms with van der Waals surface area (Å²) in [7, 11) is -2.72. The second-order valence-corrected chi connectivity index (χ2v) is 5.37. The molecule has 0 saturated carbocycles. The fourth-order valence-corrected chi connectivity index (χ4v) is 2.58. The third-order valence-electron chi connectivity index (χ3n) is 1.59. The minimum absolute atomic E-state index is 0.0300. The first-order valence-electron chi connectivity index (χ1n) is 3.99. The van der Waals surface area contributed by atoms with Crippen LogP contribution < -0.4 is 10.5 Å². The van der Waals surface area contributed by atoms with Gasteiger partial charge in [-0.25, -0.2) is 22.7 Å². The van der Waals surface area contributed by atoms with Gasteiger partial charge in [-0.15, -0.1) is 11.3 Å². The van der Waals surface area contributed by atoms with E-state index < -0.39 is 26.1 Å². The number of carbonyl (C=O) groups is 1. The number of thiophene rings is 1. The summed E-state index contributed by atoms with van der Waals surface area (Å²) < 4.78 is 39.2. The predicted octanol–water partition coefficient (Wildman–Crippen LogP) is 0.391. The van der Waals surface area contributed by atoms with E-state index in [1.54, 1.807) is 0 Å². The van der Waals surface area contributed by atoms with Crippen LogP contribution in [0.25, 0.3) is 0 Å². The smallest absolute Gasteiger partial charge is 0.407 e. The molecular formula is C7H9FN2O4S2. The van der Waals surface area contributed by atoms with E-state index in [1.807, 2.05) is 0 Å². The van der Waals surface area contributed by atoms with Gasteiger partial charge in [-0.2, -0.15) is 0 Å². The van der Waals surface area contributed by atoms with Crippen LogP contribution in [0, 0.1) is 5.82 Å². The molecule has 0 radical (unpaired) electrons. The molecule has 0 fully saturated rings. The molecular weight excluding hydrogens is 259 g/mol. The molecule has 0 bridgehead atoms. The van der Waals surface area contributed by atoms with Crippen molar-refractivity contribution in [2.24, 2.45) is 5.14 Å². The monoisotopic (exact) mass is 268 g/mol. The number of amides is 1. The molecule has 0 atom stereocenters. The second kappa shape index (κ2) is 4.76. The Morgan fingerprint density at radius 3 is 2.75 bits per heavy atom. The molecule has 1 heterocycles. The Morgan fingerprint density at radius 1 is 1.69 bits per heavy atom. The summed E-state index contributed by atoms with van der Waals surface area (Å²) in [6, 6.07) is 0. The summed E-state index contributed by atoms with van der Waals surface area (Å²) in [4.78, 5) is 10.7. The summed E-state index contributed by atoms with van der Waals surface area (Å²) in [5, 5.41) is 8.18. The van der Waals surface area contributed by atoms with Crippen LogP contribution in [0.15, 0.2) is 9.59 Å². The van der Waals surface area contributed by atoms with Crippen molar-refractivity contribution in [3.63, 3.8) is 0 Å². The highest BCUT2D eigenvalue weighted by Gasteiger charge is 2.20. The number of hydrogen-bond acceptors (Lipinski definition) is 5. The Hall–Kier alpha value is -1.19. The Morgan fingerprint density at radius 2 is 2.31 bits per heavy atom. The van der Waals surface area contributed by atoms with Crippen molar-refractivity contribution in [1.82, 2.24) is 5.32 Å². The first-order valence-corrected chi connectivity index (χ1v) is 6.42. The van der Waals surface area contributed by atoms with Gasteiger partial charge in [0.15, 0.2) is 10.0 Å². The van der Waals surface area contributed by atoms with Gasteiger partial charge in [-0.3, -0.25) is 0 Å². The van der Waals surface area contributed by atoms with Crippen LogP contribution in [-0.2, 0) is 21.4 Å². The number of ether oxygens (including phenoxy) is 1. The molecule has 0 spiro atoms. The van der Waals surface area contributed by atoms with Gasteiger partial charge in [0.25, 0.3) is 10.0 Å². The van der Waals surface area contributed by atoms with Gasteiger partial charge in [0.1, 0.15) is 6.61 Å². The molecule has 0 aliphatic carbocycles. The van der Waals surface area contributed by atoms with E-state index in [2.05, 4.69) is 10.1 Å². The normalized spacial score (nSPS) is 11.2. The van der Waals surface area contributed by atoms with E-state index in [-0.39, 0.29) is 12.2 Å². The molecule has 16 heavy (non-hydrogen) atoms. The van der Waals surface area contributed by atoms with Crippen molar-refractivity contribution < 1.29 is 22.3 Å². The molecule has 1 aromatic rings. The minimum atomic E-state index is -4.07. The maximum absolute atomic E-state index is 13.4. The number of halogens is 1.